The van der Waals surface area contributed by atoms with Crippen LogP contribution in [0.5, 0.6) is 0 Å². The molecule has 0 unspecified atom stereocenters. The van der Waals surface area contributed by atoms with Crippen molar-refractivity contribution in [3.05, 3.63) is 62.3 Å². The zero-order valence-corrected chi connectivity index (χ0v) is 21.5. The SMILES string of the molecule is Cc1nn(Cc2cccc(C(=O)Nc3nc(C45CC6CC(CC(C6)C4)C5)cs3)c2)c(C)c1Br. The zero-order valence-electron chi connectivity index (χ0n) is 19.1. The Hall–Kier alpha value is -1.99. The maximum Gasteiger partial charge on any atom is 0.257 e. The minimum Gasteiger partial charge on any atom is -0.298 e. The van der Waals surface area contributed by atoms with Crippen LogP contribution in [0.1, 0.15) is 71.5 Å². The van der Waals surface area contributed by atoms with Gasteiger partial charge in [-0.25, -0.2) is 4.98 Å². The Morgan fingerprint density at radius 1 is 1.18 bits per heavy atom. The summed E-state index contributed by atoms with van der Waals surface area (Å²) in [6.07, 6.45) is 8.16. The average Bonchev–Trinajstić information content (AvgIpc) is 3.34. The van der Waals surface area contributed by atoms with E-state index in [4.69, 9.17) is 4.98 Å². The van der Waals surface area contributed by atoms with E-state index in [-0.39, 0.29) is 11.3 Å². The number of nitrogens with one attached hydrogen (secondary N) is 1. The van der Waals surface area contributed by atoms with Gasteiger partial charge in [0.25, 0.3) is 5.91 Å². The highest BCUT2D eigenvalue weighted by molar-refractivity contribution is 9.10. The molecule has 1 amide bonds. The van der Waals surface area contributed by atoms with Gasteiger partial charge in [-0.05, 0) is 104 Å². The fourth-order valence-electron chi connectivity index (χ4n) is 6.98. The molecule has 4 bridgehead atoms. The first-order valence-electron chi connectivity index (χ1n) is 11.9. The number of benzene rings is 1. The lowest BCUT2D eigenvalue weighted by Gasteiger charge is -2.56. The number of thiazole rings is 1. The smallest absolute Gasteiger partial charge is 0.257 e. The molecule has 0 saturated heterocycles. The minimum atomic E-state index is -0.0992. The molecule has 3 aromatic rings. The van der Waals surface area contributed by atoms with Crippen LogP contribution in [0.4, 0.5) is 5.13 Å². The van der Waals surface area contributed by atoms with Gasteiger partial charge >= 0.3 is 0 Å². The summed E-state index contributed by atoms with van der Waals surface area (Å²) in [5.74, 6) is 2.57. The number of amides is 1. The van der Waals surface area contributed by atoms with Crippen molar-refractivity contribution in [1.82, 2.24) is 14.8 Å². The maximum absolute atomic E-state index is 13.0. The second-order valence-electron chi connectivity index (χ2n) is 10.5. The first-order valence-corrected chi connectivity index (χ1v) is 13.6. The fourth-order valence-corrected chi connectivity index (χ4v) is 8.09. The fraction of sp³-hybridized carbons (Fsp3) is 0.500. The van der Waals surface area contributed by atoms with Crippen LogP contribution < -0.4 is 5.32 Å². The lowest BCUT2D eigenvalue weighted by molar-refractivity contribution is -0.00688. The standard InChI is InChI=1S/C26H29BrN4OS/c1-15-23(27)16(2)31(30-15)13-17-4-3-5-21(9-17)24(32)29-25-28-22(14-33-25)26-10-18-6-19(11-26)8-20(7-18)12-26/h3-5,9,14,18-20H,6-8,10-13H2,1-2H3,(H,28,29,32). The molecule has 2 heterocycles. The molecule has 0 atom stereocenters. The Morgan fingerprint density at radius 2 is 1.88 bits per heavy atom. The first kappa shape index (κ1) is 21.5. The van der Waals surface area contributed by atoms with Crippen LogP contribution in [0.2, 0.25) is 0 Å². The van der Waals surface area contributed by atoms with Crippen LogP contribution in [0.3, 0.4) is 0 Å². The molecule has 0 radical (unpaired) electrons. The number of anilines is 1. The lowest BCUT2D eigenvalue weighted by atomic mass is 9.49. The Bertz CT molecular complexity index is 1190. The quantitative estimate of drug-likeness (QED) is 0.415. The molecule has 1 N–H and O–H groups in total. The van der Waals surface area contributed by atoms with Crippen molar-refractivity contribution in [2.45, 2.75) is 64.3 Å². The van der Waals surface area contributed by atoms with Crippen molar-refractivity contribution in [2.75, 3.05) is 5.32 Å². The van der Waals surface area contributed by atoms with Crippen molar-refractivity contribution in [3.63, 3.8) is 0 Å². The summed E-state index contributed by atoms with van der Waals surface area (Å²) in [7, 11) is 0. The average molecular weight is 526 g/mol. The highest BCUT2D eigenvalue weighted by Gasteiger charge is 2.52. The van der Waals surface area contributed by atoms with E-state index in [9.17, 15) is 4.79 Å². The normalized spacial score (nSPS) is 27.8. The Kier molecular flexibility index (Phi) is 5.25. The molecule has 4 aliphatic rings. The van der Waals surface area contributed by atoms with E-state index in [0.29, 0.717) is 12.1 Å². The second kappa shape index (κ2) is 8.05. The van der Waals surface area contributed by atoms with Gasteiger partial charge < -0.3 is 0 Å². The van der Waals surface area contributed by atoms with E-state index in [1.54, 1.807) is 11.3 Å². The Morgan fingerprint density at radius 3 is 2.52 bits per heavy atom. The predicted molar refractivity (Wildman–Crippen MR) is 135 cm³/mol. The monoisotopic (exact) mass is 524 g/mol. The van der Waals surface area contributed by atoms with E-state index in [1.165, 1.54) is 44.2 Å². The number of aryl methyl sites for hydroxylation is 1. The highest BCUT2D eigenvalue weighted by Crippen LogP contribution is 2.60. The summed E-state index contributed by atoms with van der Waals surface area (Å²) in [6, 6.07) is 7.79. The Balaban J connectivity index is 1.17. The molecule has 4 fully saturated rings. The lowest BCUT2D eigenvalue weighted by Crippen LogP contribution is -2.48. The number of rotatable bonds is 5. The Labute approximate surface area is 207 Å². The topological polar surface area (TPSA) is 59.8 Å². The molecule has 7 rings (SSSR count). The van der Waals surface area contributed by atoms with Crippen LogP contribution in [0, 0.1) is 31.6 Å². The molecule has 2 aromatic heterocycles. The molecule has 0 spiro atoms. The van der Waals surface area contributed by atoms with Crippen molar-refractivity contribution >= 4 is 38.3 Å². The number of nitrogens with zero attached hydrogens (tertiary/aromatic N) is 3. The molecule has 33 heavy (non-hydrogen) atoms. The third-order valence-corrected chi connectivity index (χ3v) is 10.0. The molecule has 172 valence electrons. The molecule has 1 aromatic carbocycles. The van der Waals surface area contributed by atoms with Gasteiger partial charge in [-0.15, -0.1) is 11.3 Å². The van der Waals surface area contributed by atoms with Gasteiger partial charge in [0.1, 0.15) is 0 Å². The summed E-state index contributed by atoms with van der Waals surface area (Å²) >= 11 is 5.16. The zero-order chi connectivity index (χ0) is 22.7. The number of aromatic nitrogens is 3. The van der Waals surface area contributed by atoms with Crippen LogP contribution in [-0.2, 0) is 12.0 Å². The van der Waals surface area contributed by atoms with Gasteiger partial charge in [-0.2, -0.15) is 5.10 Å². The largest absolute Gasteiger partial charge is 0.298 e. The van der Waals surface area contributed by atoms with Gasteiger partial charge in [-0.3, -0.25) is 14.8 Å². The first-order chi connectivity index (χ1) is 15.9. The van der Waals surface area contributed by atoms with Crippen molar-refractivity contribution in [3.8, 4) is 0 Å². The second-order valence-corrected chi connectivity index (χ2v) is 12.2. The van der Waals surface area contributed by atoms with Gasteiger partial charge in [-0.1, -0.05) is 12.1 Å². The number of halogens is 1. The van der Waals surface area contributed by atoms with Gasteiger partial charge in [0.2, 0.25) is 0 Å². The van der Waals surface area contributed by atoms with Crippen molar-refractivity contribution in [1.29, 1.82) is 0 Å². The number of hydrogen-bond donors (Lipinski definition) is 1. The summed E-state index contributed by atoms with van der Waals surface area (Å²) in [6.45, 7) is 4.67. The summed E-state index contributed by atoms with van der Waals surface area (Å²) in [5.41, 5.74) is 5.25. The van der Waals surface area contributed by atoms with Gasteiger partial charge in [0, 0.05) is 16.4 Å². The molecule has 0 aliphatic heterocycles. The predicted octanol–water partition coefficient (Wildman–Crippen LogP) is 6.49. The maximum atomic E-state index is 13.0. The van der Waals surface area contributed by atoms with E-state index < -0.39 is 0 Å². The van der Waals surface area contributed by atoms with E-state index >= 15 is 0 Å². The van der Waals surface area contributed by atoms with Crippen molar-refractivity contribution < 1.29 is 4.79 Å². The van der Waals surface area contributed by atoms with Gasteiger partial charge in [0.15, 0.2) is 5.13 Å². The summed E-state index contributed by atoms with van der Waals surface area (Å²) in [4.78, 5) is 18.0. The van der Waals surface area contributed by atoms with Crippen LogP contribution in [0.25, 0.3) is 0 Å². The minimum absolute atomic E-state index is 0.0992. The number of carbonyl (C=O) groups is 1. The van der Waals surface area contributed by atoms with Crippen molar-refractivity contribution in [2.24, 2.45) is 17.8 Å². The molecular weight excluding hydrogens is 496 g/mol. The number of hydrogen-bond acceptors (Lipinski definition) is 4. The van der Waals surface area contributed by atoms with Crippen LogP contribution in [0.15, 0.2) is 34.1 Å². The number of carbonyl (C=O) groups excluding carboxylic acids is 1. The molecular formula is C26H29BrN4OS. The van der Waals surface area contributed by atoms with Crippen LogP contribution >= 0.6 is 27.3 Å². The molecule has 4 saturated carbocycles. The third kappa shape index (κ3) is 3.87. The highest BCUT2D eigenvalue weighted by atomic mass is 79.9. The van der Waals surface area contributed by atoms with Crippen LogP contribution in [-0.4, -0.2) is 20.7 Å². The van der Waals surface area contributed by atoms with E-state index in [1.807, 2.05) is 42.8 Å². The summed E-state index contributed by atoms with van der Waals surface area (Å²) < 4.78 is 3.00. The summed E-state index contributed by atoms with van der Waals surface area (Å²) in [5, 5.41) is 10.6. The molecule has 4 aliphatic carbocycles. The van der Waals surface area contributed by atoms with Gasteiger partial charge in [0.05, 0.1) is 28.1 Å². The van der Waals surface area contributed by atoms with E-state index in [2.05, 4.69) is 31.7 Å². The third-order valence-electron chi connectivity index (χ3n) is 8.12. The molecule has 7 heteroatoms. The molecule has 5 nitrogen and oxygen atoms in total. The van der Waals surface area contributed by atoms with E-state index in [0.717, 1.165) is 44.3 Å².